The van der Waals surface area contributed by atoms with Gasteiger partial charge in [0.1, 0.15) is 36.6 Å². The van der Waals surface area contributed by atoms with E-state index < -0.39 is 63.6 Å². The molecule has 0 amide bonds. The largest absolute Gasteiger partial charge is 0.413 e. The number of hydrogen-bond acceptors (Lipinski definition) is 10. The van der Waals surface area contributed by atoms with E-state index in [4.69, 9.17) is 47.1 Å². The van der Waals surface area contributed by atoms with Crippen molar-refractivity contribution in [2.75, 3.05) is 20.3 Å². The highest BCUT2D eigenvalue weighted by Crippen LogP contribution is 2.43. The Bertz CT molecular complexity index is 2110. The lowest BCUT2D eigenvalue weighted by Crippen LogP contribution is -2.64. The summed E-state index contributed by atoms with van der Waals surface area (Å²) in [6, 6.07) is 50.8. The highest BCUT2D eigenvalue weighted by molar-refractivity contribution is 6.77. The first-order valence-corrected chi connectivity index (χ1v) is 26.7. The van der Waals surface area contributed by atoms with Crippen molar-refractivity contribution in [2.24, 2.45) is 0 Å². The summed E-state index contributed by atoms with van der Waals surface area (Å²) < 4.78 is 69.0. The summed E-state index contributed by atoms with van der Waals surface area (Å²) >= 11 is 0. The summed E-state index contributed by atoms with van der Waals surface area (Å²) in [6.07, 6.45) is -5.41. The summed E-state index contributed by atoms with van der Waals surface area (Å²) in [7, 11) is -0.729. The number of hydrogen-bond donors (Lipinski definition) is 0. The summed E-state index contributed by atoms with van der Waals surface area (Å²) in [6.45, 7) is 16.0. The lowest BCUT2D eigenvalue weighted by molar-refractivity contribution is -0.354. The van der Waals surface area contributed by atoms with E-state index in [0.717, 1.165) is 27.8 Å². The fourth-order valence-corrected chi connectivity index (χ4v) is 15.5. The molecule has 0 spiro atoms. The Hall–Kier alpha value is -4.08. The van der Waals surface area contributed by atoms with Crippen LogP contribution in [0.2, 0.25) is 16.6 Å². The molecule has 0 aliphatic carbocycles. The quantitative estimate of drug-likeness (QED) is 0.0527. The van der Waals surface area contributed by atoms with Crippen LogP contribution >= 0.6 is 0 Å². The van der Waals surface area contributed by atoms with Gasteiger partial charge in [0.15, 0.2) is 20.9 Å². The maximum absolute atomic E-state index is 7.39. The van der Waals surface area contributed by atoms with Gasteiger partial charge in [0, 0.05) is 13.5 Å². The second-order valence-electron chi connectivity index (χ2n) is 19.0. The predicted molar refractivity (Wildman–Crippen MR) is 267 cm³/mol. The van der Waals surface area contributed by atoms with Crippen LogP contribution < -0.4 is 0 Å². The Morgan fingerprint density at radius 1 is 0.456 bits per heavy atom. The van der Waals surface area contributed by atoms with Gasteiger partial charge in [-0.1, -0.05) is 193 Å². The SMILES string of the molecule is CO[C@H]1O[C@H](CO[Si](C(C)C)(C(C)C)C(C)C)[C@@H](O[C@@H]2C[C@@H](OCc3ccccc3)[C@@H](OCc3ccccc3)[C@@H](COCc3ccccc3)O2)[C@H](OCc2ccccc2)[C@H]1OCc1ccccc1. The first-order valence-electron chi connectivity index (χ1n) is 24.5. The van der Waals surface area contributed by atoms with Crippen molar-refractivity contribution in [3.05, 3.63) is 179 Å². The van der Waals surface area contributed by atoms with Crippen LogP contribution in [0.3, 0.4) is 0 Å². The molecule has 68 heavy (non-hydrogen) atoms. The van der Waals surface area contributed by atoms with Gasteiger partial charge in [0.25, 0.3) is 0 Å². The van der Waals surface area contributed by atoms with E-state index in [1.165, 1.54) is 0 Å². The average Bonchev–Trinajstić information content (AvgIpc) is 3.36. The Balaban J connectivity index is 1.25. The van der Waals surface area contributed by atoms with Crippen molar-refractivity contribution >= 4 is 8.32 Å². The molecule has 9 atom stereocenters. The van der Waals surface area contributed by atoms with Crippen LogP contribution in [0.5, 0.6) is 0 Å². The molecule has 5 aromatic carbocycles. The van der Waals surface area contributed by atoms with Gasteiger partial charge >= 0.3 is 0 Å². The zero-order valence-corrected chi connectivity index (χ0v) is 42.1. The minimum Gasteiger partial charge on any atom is -0.413 e. The minimum absolute atomic E-state index is 0.237. The van der Waals surface area contributed by atoms with E-state index in [0.29, 0.717) is 56.1 Å². The molecule has 2 aliphatic rings. The first kappa shape index (κ1) is 51.8. The average molecular weight is 947 g/mol. The monoisotopic (exact) mass is 947 g/mol. The first-order chi connectivity index (χ1) is 33.1. The van der Waals surface area contributed by atoms with Crippen LogP contribution in [0, 0.1) is 0 Å². The smallest absolute Gasteiger partial charge is 0.200 e. The van der Waals surface area contributed by atoms with Crippen LogP contribution in [-0.2, 0) is 80.1 Å². The third-order valence-corrected chi connectivity index (χ3v) is 19.5. The summed E-state index contributed by atoms with van der Waals surface area (Å²) in [5, 5.41) is 0. The Labute approximate surface area is 406 Å². The van der Waals surface area contributed by atoms with Crippen molar-refractivity contribution in [3.63, 3.8) is 0 Å². The second kappa shape index (κ2) is 26.2. The normalized spacial score (nSPS) is 24.5. The van der Waals surface area contributed by atoms with E-state index in [1.54, 1.807) is 7.11 Å². The highest BCUT2D eigenvalue weighted by Gasteiger charge is 2.53. The molecule has 0 unspecified atom stereocenters. The zero-order valence-electron chi connectivity index (χ0n) is 41.1. The lowest BCUT2D eigenvalue weighted by atomic mass is 9.97. The van der Waals surface area contributed by atoms with Crippen LogP contribution in [0.25, 0.3) is 0 Å². The third-order valence-electron chi connectivity index (χ3n) is 13.4. The van der Waals surface area contributed by atoms with E-state index in [2.05, 4.69) is 90.1 Å². The van der Waals surface area contributed by atoms with E-state index in [1.807, 2.05) is 103 Å². The molecule has 0 aromatic heterocycles. The molecular formula is C57H74O10Si. The number of rotatable bonds is 25. The molecule has 2 aliphatic heterocycles. The molecule has 0 saturated carbocycles. The van der Waals surface area contributed by atoms with Gasteiger partial charge in [0.05, 0.1) is 52.4 Å². The molecule has 2 heterocycles. The van der Waals surface area contributed by atoms with Crippen molar-refractivity contribution in [1.82, 2.24) is 0 Å². The minimum atomic E-state index is -2.38. The molecular weight excluding hydrogens is 873 g/mol. The topological polar surface area (TPSA) is 92.3 Å². The molecule has 0 bridgehead atoms. The molecule has 5 aromatic rings. The van der Waals surface area contributed by atoms with Gasteiger partial charge in [-0.2, -0.15) is 0 Å². The maximum atomic E-state index is 7.39. The Morgan fingerprint density at radius 3 is 1.29 bits per heavy atom. The van der Waals surface area contributed by atoms with Crippen molar-refractivity contribution in [1.29, 1.82) is 0 Å². The van der Waals surface area contributed by atoms with Gasteiger partial charge in [-0.25, -0.2) is 0 Å². The van der Waals surface area contributed by atoms with Crippen LogP contribution in [0.1, 0.15) is 75.8 Å². The fraction of sp³-hybridized carbons (Fsp3) is 0.474. The summed E-state index contributed by atoms with van der Waals surface area (Å²) in [5.74, 6) is 0. The lowest BCUT2D eigenvalue weighted by Gasteiger charge is -2.49. The fourth-order valence-electron chi connectivity index (χ4n) is 10.1. The van der Waals surface area contributed by atoms with Crippen molar-refractivity contribution in [2.45, 2.75) is 153 Å². The van der Waals surface area contributed by atoms with Gasteiger partial charge in [-0.3, -0.25) is 0 Å². The maximum Gasteiger partial charge on any atom is 0.200 e. The Morgan fingerprint density at radius 2 is 0.853 bits per heavy atom. The summed E-state index contributed by atoms with van der Waals surface area (Å²) in [4.78, 5) is 0. The second-order valence-corrected chi connectivity index (χ2v) is 24.4. The van der Waals surface area contributed by atoms with Crippen LogP contribution in [0.4, 0.5) is 0 Å². The number of methoxy groups -OCH3 is 1. The van der Waals surface area contributed by atoms with E-state index >= 15 is 0 Å². The predicted octanol–water partition coefficient (Wildman–Crippen LogP) is 11.6. The molecule has 366 valence electrons. The molecule has 0 radical (unpaired) electrons. The van der Waals surface area contributed by atoms with Crippen molar-refractivity contribution < 1.29 is 47.1 Å². The zero-order chi connectivity index (χ0) is 47.7. The standard InChI is InChI=1S/C57H74O10Si/c1-41(2)68(42(3)4,43(5)6)64-40-51-54(55(62-37-47-29-19-11-20-30-47)56(57(58-7)66-51)63-38-48-31-21-12-22-32-48)67-52-33-49(60-35-45-25-15-9-16-26-45)53(61-36-46-27-17-10-18-28-46)50(65-52)39-59-34-44-23-13-8-14-24-44/h8-32,41-43,49-57H,33-40H2,1-7H3/t49-,50-,51-,52-,53-,54-,55+,56-,57+/m1/s1. The highest BCUT2D eigenvalue weighted by atomic mass is 28.4. The van der Waals surface area contributed by atoms with Gasteiger partial charge < -0.3 is 47.1 Å². The van der Waals surface area contributed by atoms with Crippen LogP contribution in [0.15, 0.2) is 152 Å². The van der Waals surface area contributed by atoms with Crippen molar-refractivity contribution in [3.8, 4) is 0 Å². The van der Waals surface area contributed by atoms with Gasteiger partial charge in [-0.15, -0.1) is 0 Å². The van der Waals surface area contributed by atoms with E-state index in [-0.39, 0.29) is 13.2 Å². The summed E-state index contributed by atoms with van der Waals surface area (Å²) in [5.41, 5.74) is 6.26. The van der Waals surface area contributed by atoms with Gasteiger partial charge in [0.2, 0.25) is 0 Å². The van der Waals surface area contributed by atoms with Crippen LogP contribution in [-0.4, -0.2) is 83.9 Å². The van der Waals surface area contributed by atoms with Gasteiger partial charge in [-0.05, 0) is 44.4 Å². The number of ether oxygens (including phenoxy) is 9. The number of benzene rings is 5. The molecule has 10 nitrogen and oxygen atoms in total. The van der Waals surface area contributed by atoms with E-state index in [9.17, 15) is 0 Å². The molecule has 2 fully saturated rings. The molecule has 0 N–H and O–H groups in total. The molecule has 11 heteroatoms. The third kappa shape index (κ3) is 14.0. The molecule has 2 saturated heterocycles. The Kier molecular flexibility index (Phi) is 20.0. The molecule has 7 rings (SSSR count).